The summed E-state index contributed by atoms with van der Waals surface area (Å²) in [6.45, 7) is 3.35. The lowest BCUT2D eigenvalue weighted by molar-refractivity contribution is -0.144. The summed E-state index contributed by atoms with van der Waals surface area (Å²) in [4.78, 5) is 24.4. The molecule has 18 heavy (non-hydrogen) atoms. The number of carbonyl (C=O) groups is 2. The van der Waals surface area contributed by atoms with Crippen LogP contribution in [0.25, 0.3) is 0 Å². The summed E-state index contributed by atoms with van der Waals surface area (Å²) in [5.41, 5.74) is 0. The zero-order chi connectivity index (χ0) is 13.0. The number of nitrogens with zero attached hydrogens (tertiary/aromatic N) is 1. The first-order chi connectivity index (χ1) is 8.66. The van der Waals surface area contributed by atoms with Gasteiger partial charge in [0.25, 0.3) is 5.91 Å². The third kappa shape index (κ3) is 3.43. The highest BCUT2D eigenvalue weighted by atomic mass is 16.5. The molecule has 2 rings (SSSR count). The zero-order valence-electron chi connectivity index (χ0n) is 10.4. The topological polar surface area (TPSA) is 78.9 Å². The minimum atomic E-state index is -0.764. The number of hydrogen-bond donors (Lipinski definition) is 2. The molecule has 2 saturated heterocycles. The van der Waals surface area contributed by atoms with Crippen molar-refractivity contribution in [3.8, 4) is 0 Å². The van der Waals surface area contributed by atoms with E-state index in [1.807, 2.05) is 4.90 Å². The number of aliphatic carboxylic acids is 1. The van der Waals surface area contributed by atoms with Crippen LogP contribution in [0.15, 0.2) is 0 Å². The summed E-state index contributed by atoms with van der Waals surface area (Å²) >= 11 is 0. The van der Waals surface area contributed by atoms with Crippen LogP contribution >= 0.6 is 0 Å². The number of carbonyl (C=O) groups excluding carboxylic acids is 1. The maximum Gasteiger partial charge on any atom is 0.303 e. The predicted molar refractivity (Wildman–Crippen MR) is 64.2 cm³/mol. The van der Waals surface area contributed by atoms with Gasteiger partial charge in [0.05, 0.1) is 6.61 Å². The van der Waals surface area contributed by atoms with Crippen LogP contribution in [0.5, 0.6) is 0 Å². The van der Waals surface area contributed by atoms with E-state index in [4.69, 9.17) is 9.84 Å². The van der Waals surface area contributed by atoms with Gasteiger partial charge in [0.1, 0.15) is 6.10 Å². The van der Waals surface area contributed by atoms with E-state index in [2.05, 4.69) is 5.32 Å². The second-order valence-electron chi connectivity index (χ2n) is 4.93. The van der Waals surface area contributed by atoms with Crippen LogP contribution in [0.2, 0.25) is 0 Å². The molecule has 102 valence electrons. The number of amides is 1. The van der Waals surface area contributed by atoms with Crippen molar-refractivity contribution in [2.24, 2.45) is 5.92 Å². The van der Waals surface area contributed by atoms with Gasteiger partial charge >= 0.3 is 5.97 Å². The Balaban J connectivity index is 1.77. The molecule has 1 amide bonds. The summed E-state index contributed by atoms with van der Waals surface area (Å²) < 4.78 is 5.44. The molecule has 0 aromatic heterocycles. The second kappa shape index (κ2) is 6.15. The quantitative estimate of drug-likeness (QED) is 0.721. The molecular weight excluding hydrogens is 236 g/mol. The van der Waals surface area contributed by atoms with E-state index in [0.717, 1.165) is 19.5 Å². The van der Waals surface area contributed by atoms with Gasteiger partial charge in [-0.15, -0.1) is 0 Å². The molecule has 0 bridgehead atoms. The molecule has 6 nitrogen and oxygen atoms in total. The average molecular weight is 256 g/mol. The molecule has 2 fully saturated rings. The molecule has 2 atom stereocenters. The largest absolute Gasteiger partial charge is 0.481 e. The van der Waals surface area contributed by atoms with Gasteiger partial charge in [0, 0.05) is 32.6 Å². The highest BCUT2D eigenvalue weighted by molar-refractivity contribution is 5.81. The van der Waals surface area contributed by atoms with Crippen molar-refractivity contribution >= 4 is 11.9 Å². The molecule has 6 heteroatoms. The van der Waals surface area contributed by atoms with Gasteiger partial charge in [-0.3, -0.25) is 9.59 Å². The smallest absolute Gasteiger partial charge is 0.303 e. The van der Waals surface area contributed by atoms with Gasteiger partial charge in [0.2, 0.25) is 0 Å². The van der Waals surface area contributed by atoms with Crippen molar-refractivity contribution in [3.05, 3.63) is 0 Å². The SMILES string of the molecule is O=C(O)CCC1CCN(C(=O)C2CNCCO2)C1. The van der Waals surface area contributed by atoms with Crippen LogP contribution in [0, 0.1) is 5.92 Å². The van der Waals surface area contributed by atoms with Crippen LogP contribution < -0.4 is 5.32 Å². The minimum absolute atomic E-state index is 0.0417. The monoisotopic (exact) mass is 256 g/mol. The Morgan fingerprint density at radius 2 is 2.28 bits per heavy atom. The van der Waals surface area contributed by atoms with E-state index in [9.17, 15) is 9.59 Å². The van der Waals surface area contributed by atoms with Crippen LogP contribution in [-0.4, -0.2) is 60.8 Å². The Hall–Kier alpha value is -1.14. The van der Waals surface area contributed by atoms with E-state index >= 15 is 0 Å². The summed E-state index contributed by atoms with van der Waals surface area (Å²) in [6.07, 6.45) is 1.38. The van der Waals surface area contributed by atoms with Crippen LogP contribution in [0.4, 0.5) is 0 Å². The van der Waals surface area contributed by atoms with Gasteiger partial charge in [-0.25, -0.2) is 0 Å². The van der Waals surface area contributed by atoms with E-state index in [-0.39, 0.29) is 18.4 Å². The summed E-state index contributed by atoms with van der Waals surface area (Å²) in [7, 11) is 0. The van der Waals surface area contributed by atoms with Gasteiger partial charge in [0.15, 0.2) is 0 Å². The number of rotatable bonds is 4. The lowest BCUT2D eigenvalue weighted by Crippen LogP contribution is -2.48. The second-order valence-corrected chi connectivity index (χ2v) is 4.93. The zero-order valence-corrected chi connectivity index (χ0v) is 10.4. The van der Waals surface area contributed by atoms with Crippen molar-refractivity contribution in [2.45, 2.75) is 25.4 Å². The van der Waals surface area contributed by atoms with Crippen molar-refractivity contribution < 1.29 is 19.4 Å². The maximum absolute atomic E-state index is 12.1. The van der Waals surface area contributed by atoms with Crippen molar-refractivity contribution in [2.75, 3.05) is 32.8 Å². The third-order valence-electron chi connectivity index (χ3n) is 3.57. The Kier molecular flexibility index (Phi) is 4.54. The van der Waals surface area contributed by atoms with Gasteiger partial charge < -0.3 is 20.1 Å². The van der Waals surface area contributed by atoms with Crippen molar-refractivity contribution in [3.63, 3.8) is 0 Å². The molecule has 0 aromatic rings. The van der Waals surface area contributed by atoms with E-state index in [1.54, 1.807) is 0 Å². The fourth-order valence-electron chi connectivity index (χ4n) is 2.52. The number of hydrogen-bond acceptors (Lipinski definition) is 4. The van der Waals surface area contributed by atoms with Crippen LogP contribution in [0.1, 0.15) is 19.3 Å². The molecule has 0 aromatic carbocycles. The van der Waals surface area contributed by atoms with E-state index in [0.29, 0.717) is 32.0 Å². The maximum atomic E-state index is 12.1. The predicted octanol–water partition coefficient (Wildman–Crippen LogP) is -0.312. The Morgan fingerprint density at radius 1 is 1.44 bits per heavy atom. The summed E-state index contributed by atoms with van der Waals surface area (Å²) in [5.74, 6) is -0.402. The van der Waals surface area contributed by atoms with Crippen LogP contribution in [-0.2, 0) is 14.3 Å². The first-order valence-corrected chi connectivity index (χ1v) is 6.49. The molecule has 0 spiro atoms. The Morgan fingerprint density at radius 3 is 2.94 bits per heavy atom. The van der Waals surface area contributed by atoms with E-state index in [1.165, 1.54) is 0 Å². The highest BCUT2D eigenvalue weighted by Gasteiger charge is 2.32. The summed E-state index contributed by atoms with van der Waals surface area (Å²) in [6, 6.07) is 0. The summed E-state index contributed by atoms with van der Waals surface area (Å²) in [5, 5.41) is 11.8. The molecular formula is C12H20N2O4. The normalized spacial score (nSPS) is 28.3. The molecule has 2 aliphatic heterocycles. The fraction of sp³-hybridized carbons (Fsp3) is 0.833. The van der Waals surface area contributed by atoms with Crippen molar-refractivity contribution in [1.82, 2.24) is 10.2 Å². The minimum Gasteiger partial charge on any atom is -0.481 e. The Labute approximate surface area is 106 Å². The average Bonchev–Trinajstić information content (AvgIpc) is 2.85. The molecule has 2 unspecified atom stereocenters. The number of likely N-dealkylation sites (tertiary alicyclic amines) is 1. The standard InChI is InChI=1S/C12H20N2O4/c15-11(16)2-1-9-3-5-14(8-9)12(17)10-7-13-4-6-18-10/h9-10,13H,1-8H2,(H,15,16). The molecule has 2 heterocycles. The van der Waals surface area contributed by atoms with E-state index < -0.39 is 5.97 Å². The van der Waals surface area contributed by atoms with Gasteiger partial charge in [-0.1, -0.05) is 0 Å². The van der Waals surface area contributed by atoms with Gasteiger partial charge in [-0.05, 0) is 18.8 Å². The lowest BCUT2D eigenvalue weighted by Gasteiger charge is -2.27. The number of carboxylic acids is 1. The number of morpholine rings is 1. The first kappa shape index (κ1) is 13.3. The molecule has 2 N–H and O–H groups in total. The molecule has 0 radical (unpaired) electrons. The number of ether oxygens (including phenoxy) is 1. The fourth-order valence-corrected chi connectivity index (χ4v) is 2.52. The number of carboxylic acid groups (broad SMARTS) is 1. The molecule has 2 aliphatic rings. The highest BCUT2D eigenvalue weighted by Crippen LogP contribution is 2.22. The number of nitrogens with one attached hydrogen (secondary N) is 1. The molecule has 0 aliphatic carbocycles. The lowest BCUT2D eigenvalue weighted by atomic mass is 10.0. The Bertz CT molecular complexity index is 315. The first-order valence-electron chi connectivity index (χ1n) is 6.49. The van der Waals surface area contributed by atoms with Crippen molar-refractivity contribution in [1.29, 1.82) is 0 Å². The third-order valence-corrected chi connectivity index (χ3v) is 3.57. The van der Waals surface area contributed by atoms with Crippen LogP contribution in [0.3, 0.4) is 0 Å². The molecule has 0 saturated carbocycles. The van der Waals surface area contributed by atoms with Gasteiger partial charge in [-0.2, -0.15) is 0 Å².